The molecule has 1 aromatic carbocycles. The summed E-state index contributed by atoms with van der Waals surface area (Å²) in [5.74, 6) is 0.449. The van der Waals surface area contributed by atoms with Crippen LogP contribution in [0.3, 0.4) is 0 Å². The zero-order valence-corrected chi connectivity index (χ0v) is 26.8. The zero-order chi connectivity index (χ0) is 32.3. The molecule has 3 saturated heterocycles. The van der Waals surface area contributed by atoms with Gasteiger partial charge in [-0.1, -0.05) is 19.3 Å². The Hall–Kier alpha value is -4.39. The Labute approximate surface area is 273 Å². The van der Waals surface area contributed by atoms with E-state index in [-0.39, 0.29) is 36.3 Å². The number of imide groups is 1. The number of carbonyl (C=O) groups is 3. The maximum absolute atomic E-state index is 13.2. The maximum Gasteiger partial charge on any atom is 0.275 e. The lowest BCUT2D eigenvalue weighted by Crippen LogP contribution is -2.49. The van der Waals surface area contributed by atoms with Crippen LogP contribution in [-0.4, -0.2) is 94.2 Å². The monoisotopic (exact) mass is 641 g/mol. The smallest absolute Gasteiger partial charge is 0.275 e. The Morgan fingerprint density at radius 3 is 2.32 bits per heavy atom. The van der Waals surface area contributed by atoms with E-state index < -0.39 is 11.9 Å². The number of hydrogen-bond donors (Lipinski definition) is 2. The standard InChI is InChI=1S/C34H43N9O4/c44-30-9-8-29(32(46)39-30)43-33(47)28-7-6-27(18-24(28)21-37-43)41-16-14-40(15-17-41)22-23-10-12-42(13-11-23)34-35-19-25(20-36-34)31(45)38-26-4-2-1-3-5-26/h6-7,18-21,23,26,29H,1-5,8-17,22H2,(H,38,45)(H,39,44,46). The third-order valence-electron chi connectivity index (χ3n) is 10.3. The average molecular weight is 642 g/mol. The quantitative estimate of drug-likeness (QED) is 0.369. The van der Waals surface area contributed by atoms with Gasteiger partial charge in [0.2, 0.25) is 11.9 Å². The molecule has 1 saturated carbocycles. The fourth-order valence-electron chi connectivity index (χ4n) is 7.47. The van der Waals surface area contributed by atoms with Gasteiger partial charge in [0, 0.05) is 81.7 Å². The number of amides is 3. The van der Waals surface area contributed by atoms with Crippen LogP contribution in [-0.2, 0) is 9.59 Å². The molecule has 5 heterocycles. The van der Waals surface area contributed by atoms with Gasteiger partial charge in [-0.05, 0) is 56.2 Å². The fraction of sp³-hybridized carbons (Fsp3) is 0.559. The summed E-state index contributed by atoms with van der Waals surface area (Å²) in [7, 11) is 0. The molecule has 4 aliphatic rings. The molecule has 2 N–H and O–H groups in total. The fourth-order valence-corrected chi connectivity index (χ4v) is 7.47. The van der Waals surface area contributed by atoms with Crippen LogP contribution < -0.4 is 26.0 Å². The number of nitrogens with one attached hydrogen (secondary N) is 2. The van der Waals surface area contributed by atoms with Crippen molar-refractivity contribution >= 4 is 40.1 Å². The molecule has 0 radical (unpaired) electrons. The van der Waals surface area contributed by atoms with E-state index in [1.165, 1.54) is 23.9 Å². The number of nitrogens with zero attached hydrogens (tertiary/aromatic N) is 7. The van der Waals surface area contributed by atoms with Gasteiger partial charge in [0.15, 0.2) is 0 Å². The van der Waals surface area contributed by atoms with Crippen molar-refractivity contribution in [3.63, 3.8) is 0 Å². The average Bonchev–Trinajstić information content (AvgIpc) is 3.10. The van der Waals surface area contributed by atoms with Crippen molar-refractivity contribution in [1.82, 2.24) is 35.3 Å². The van der Waals surface area contributed by atoms with Crippen molar-refractivity contribution in [2.24, 2.45) is 5.92 Å². The summed E-state index contributed by atoms with van der Waals surface area (Å²) in [6, 6.07) is 5.30. The first-order chi connectivity index (χ1) is 22.9. The summed E-state index contributed by atoms with van der Waals surface area (Å²) in [6.07, 6.45) is 13.3. The van der Waals surface area contributed by atoms with Gasteiger partial charge in [-0.25, -0.2) is 14.6 Å². The summed E-state index contributed by atoms with van der Waals surface area (Å²) in [6.45, 7) is 6.65. The van der Waals surface area contributed by atoms with E-state index in [0.29, 0.717) is 22.8 Å². The first kappa shape index (κ1) is 31.2. The summed E-state index contributed by atoms with van der Waals surface area (Å²) in [5, 5.41) is 11.0. The molecule has 248 valence electrons. The first-order valence-corrected chi connectivity index (χ1v) is 17.1. The molecule has 13 heteroatoms. The predicted molar refractivity (Wildman–Crippen MR) is 177 cm³/mol. The highest BCUT2D eigenvalue weighted by Gasteiger charge is 2.30. The number of hydrogen-bond acceptors (Lipinski definition) is 10. The number of piperazine rings is 1. The highest BCUT2D eigenvalue weighted by molar-refractivity contribution is 5.99. The number of aromatic nitrogens is 4. The Kier molecular flexibility index (Phi) is 9.14. The van der Waals surface area contributed by atoms with E-state index >= 15 is 0 Å². The van der Waals surface area contributed by atoms with E-state index in [4.69, 9.17) is 0 Å². The zero-order valence-electron chi connectivity index (χ0n) is 26.8. The van der Waals surface area contributed by atoms with Crippen LogP contribution in [0.15, 0.2) is 41.6 Å². The lowest BCUT2D eigenvalue weighted by Gasteiger charge is -2.39. The Morgan fingerprint density at radius 2 is 1.60 bits per heavy atom. The molecule has 0 bridgehead atoms. The van der Waals surface area contributed by atoms with Gasteiger partial charge in [0.1, 0.15) is 6.04 Å². The Morgan fingerprint density at radius 1 is 0.851 bits per heavy atom. The normalized spacial score (nSPS) is 22.0. The number of fused-ring (bicyclic) bond motifs is 1. The molecular formula is C34H43N9O4. The molecule has 2 aromatic heterocycles. The largest absolute Gasteiger partial charge is 0.369 e. The minimum Gasteiger partial charge on any atom is -0.369 e. The number of rotatable bonds is 7. The van der Waals surface area contributed by atoms with Crippen LogP contribution in [0, 0.1) is 5.92 Å². The SMILES string of the molecule is O=C1CCC(n2ncc3cc(N4CCN(CC5CCN(c6ncc(C(=O)NC7CCCCC7)cn6)CC5)CC4)ccc3c2=O)C(=O)N1. The van der Waals surface area contributed by atoms with Crippen molar-refractivity contribution in [3.05, 3.63) is 52.7 Å². The first-order valence-electron chi connectivity index (χ1n) is 17.1. The summed E-state index contributed by atoms with van der Waals surface area (Å²) >= 11 is 0. The van der Waals surface area contributed by atoms with Gasteiger partial charge in [0.25, 0.3) is 17.4 Å². The second kappa shape index (κ2) is 13.8. The number of anilines is 2. The second-order valence-electron chi connectivity index (χ2n) is 13.4. The molecule has 0 spiro atoms. The van der Waals surface area contributed by atoms with E-state index in [1.807, 2.05) is 18.2 Å². The van der Waals surface area contributed by atoms with Gasteiger partial charge in [0.05, 0.1) is 17.1 Å². The van der Waals surface area contributed by atoms with E-state index in [0.717, 1.165) is 82.6 Å². The van der Waals surface area contributed by atoms with Crippen molar-refractivity contribution < 1.29 is 14.4 Å². The Balaban J connectivity index is 0.877. The topological polar surface area (TPSA) is 146 Å². The summed E-state index contributed by atoms with van der Waals surface area (Å²) < 4.78 is 1.20. The molecule has 13 nitrogen and oxygen atoms in total. The van der Waals surface area contributed by atoms with Crippen molar-refractivity contribution in [1.29, 1.82) is 0 Å². The number of benzene rings is 1. The van der Waals surface area contributed by atoms with Crippen LogP contribution >= 0.6 is 0 Å². The molecule has 7 rings (SSSR count). The van der Waals surface area contributed by atoms with Gasteiger partial charge < -0.3 is 15.1 Å². The van der Waals surface area contributed by atoms with Gasteiger partial charge in [-0.15, -0.1) is 0 Å². The number of piperidine rings is 2. The van der Waals surface area contributed by atoms with Crippen LogP contribution in [0.4, 0.5) is 11.6 Å². The third-order valence-corrected chi connectivity index (χ3v) is 10.3. The van der Waals surface area contributed by atoms with Crippen LogP contribution in [0.1, 0.15) is 74.2 Å². The van der Waals surface area contributed by atoms with Gasteiger partial charge >= 0.3 is 0 Å². The molecule has 3 amide bonds. The molecule has 1 atom stereocenters. The predicted octanol–water partition coefficient (Wildman–Crippen LogP) is 2.27. The van der Waals surface area contributed by atoms with Crippen LogP contribution in [0.2, 0.25) is 0 Å². The minimum absolute atomic E-state index is 0.0730. The van der Waals surface area contributed by atoms with Crippen molar-refractivity contribution in [3.8, 4) is 0 Å². The van der Waals surface area contributed by atoms with Crippen LogP contribution in [0.5, 0.6) is 0 Å². The summed E-state index contributed by atoms with van der Waals surface area (Å²) in [5.41, 5.74) is 1.27. The molecule has 1 aliphatic carbocycles. The van der Waals surface area contributed by atoms with Crippen LogP contribution in [0.25, 0.3) is 10.8 Å². The van der Waals surface area contributed by atoms with E-state index in [2.05, 4.69) is 40.4 Å². The Bertz CT molecular complexity index is 1670. The third kappa shape index (κ3) is 6.99. The van der Waals surface area contributed by atoms with Gasteiger partial charge in [-0.3, -0.25) is 29.4 Å². The molecule has 47 heavy (non-hydrogen) atoms. The number of carbonyl (C=O) groups excluding carboxylic acids is 3. The second-order valence-corrected chi connectivity index (χ2v) is 13.4. The maximum atomic E-state index is 13.2. The van der Waals surface area contributed by atoms with Crippen molar-refractivity contribution in [2.45, 2.75) is 69.9 Å². The lowest BCUT2D eigenvalue weighted by molar-refractivity contribution is -0.136. The highest BCUT2D eigenvalue weighted by Crippen LogP contribution is 2.25. The molecular weight excluding hydrogens is 598 g/mol. The molecule has 4 fully saturated rings. The lowest BCUT2D eigenvalue weighted by atomic mass is 9.95. The molecule has 1 unspecified atom stereocenters. The summed E-state index contributed by atoms with van der Waals surface area (Å²) in [4.78, 5) is 65.8. The van der Waals surface area contributed by atoms with Gasteiger partial charge in [-0.2, -0.15) is 5.10 Å². The molecule has 3 aliphatic heterocycles. The molecule has 3 aromatic rings. The van der Waals surface area contributed by atoms with E-state index in [9.17, 15) is 19.2 Å². The minimum atomic E-state index is -0.769. The van der Waals surface area contributed by atoms with Crippen molar-refractivity contribution in [2.75, 3.05) is 55.6 Å². The highest BCUT2D eigenvalue weighted by atomic mass is 16.2. The van der Waals surface area contributed by atoms with E-state index in [1.54, 1.807) is 18.6 Å².